The van der Waals surface area contributed by atoms with Gasteiger partial charge < -0.3 is 15.8 Å². The molecule has 0 aliphatic heterocycles. The highest BCUT2D eigenvalue weighted by Gasteiger charge is 2.05. The maximum atomic E-state index is 6.08. The molecule has 0 aromatic heterocycles. The second kappa shape index (κ2) is 6.43. The molecule has 0 saturated heterocycles. The van der Waals surface area contributed by atoms with Crippen molar-refractivity contribution in [3.63, 3.8) is 0 Å². The molecule has 3 nitrogen and oxygen atoms in total. The van der Waals surface area contributed by atoms with Gasteiger partial charge in [-0.2, -0.15) is 0 Å². The van der Waals surface area contributed by atoms with Gasteiger partial charge in [0, 0.05) is 6.04 Å². The largest absolute Gasteiger partial charge is 0.497 e. The molecule has 0 aliphatic rings. The molecule has 0 aliphatic carbocycles. The second-order valence-electron chi connectivity index (χ2n) is 3.63. The van der Waals surface area contributed by atoms with E-state index in [1.165, 1.54) is 0 Å². The predicted molar refractivity (Wildman–Crippen MR) is 63.1 cm³/mol. The van der Waals surface area contributed by atoms with Gasteiger partial charge in [0.2, 0.25) is 0 Å². The predicted octanol–water partition coefficient (Wildman–Crippen LogP) is 1.69. The summed E-state index contributed by atoms with van der Waals surface area (Å²) in [6, 6.07) is 8.07. The van der Waals surface area contributed by atoms with Crippen LogP contribution in [-0.4, -0.2) is 20.7 Å². The van der Waals surface area contributed by atoms with Crippen molar-refractivity contribution >= 4 is 0 Å². The molecule has 1 aromatic rings. The van der Waals surface area contributed by atoms with Crippen LogP contribution in [0.5, 0.6) is 5.75 Å². The molecule has 0 bridgehead atoms. The summed E-state index contributed by atoms with van der Waals surface area (Å²) in [4.78, 5) is 0. The molecule has 0 radical (unpaired) electrons. The molecule has 0 fully saturated rings. The van der Waals surface area contributed by atoms with E-state index in [2.05, 4.69) is 5.32 Å². The Morgan fingerprint density at radius 1 is 1.47 bits per heavy atom. The van der Waals surface area contributed by atoms with Crippen LogP contribution in [0.2, 0.25) is 0 Å². The highest BCUT2D eigenvalue weighted by Crippen LogP contribution is 2.20. The van der Waals surface area contributed by atoms with Crippen LogP contribution >= 0.6 is 0 Å². The lowest BCUT2D eigenvalue weighted by atomic mass is 10.0. The van der Waals surface area contributed by atoms with Gasteiger partial charge in [0.15, 0.2) is 0 Å². The maximum Gasteiger partial charge on any atom is 0.119 e. The van der Waals surface area contributed by atoms with E-state index in [1.807, 2.05) is 31.3 Å². The van der Waals surface area contributed by atoms with Gasteiger partial charge in [-0.15, -0.1) is 0 Å². The van der Waals surface area contributed by atoms with Gasteiger partial charge in [-0.25, -0.2) is 0 Å². The Kier molecular flexibility index (Phi) is 5.15. The molecule has 1 rings (SSSR count). The van der Waals surface area contributed by atoms with E-state index in [0.29, 0.717) is 0 Å². The lowest BCUT2D eigenvalue weighted by Crippen LogP contribution is -2.14. The lowest BCUT2D eigenvalue weighted by molar-refractivity contribution is 0.413. The van der Waals surface area contributed by atoms with Crippen LogP contribution in [0.3, 0.4) is 0 Å². The molecular formula is C12H20N2O. The van der Waals surface area contributed by atoms with Gasteiger partial charge in [-0.05, 0) is 44.1 Å². The van der Waals surface area contributed by atoms with Crippen LogP contribution in [0.4, 0.5) is 0 Å². The molecule has 1 atom stereocenters. The summed E-state index contributed by atoms with van der Waals surface area (Å²) >= 11 is 0. The number of hydrogen-bond acceptors (Lipinski definition) is 3. The topological polar surface area (TPSA) is 47.3 Å². The van der Waals surface area contributed by atoms with E-state index in [0.717, 1.165) is 30.7 Å². The summed E-state index contributed by atoms with van der Waals surface area (Å²) in [5, 5.41) is 3.12. The Labute approximate surface area is 91.6 Å². The van der Waals surface area contributed by atoms with Gasteiger partial charge in [0.05, 0.1) is 7.11 Å². The zero-order chi connectivity index (χ0) is 11.1. The third-order valence-corrected chi connectivity index (χ3v) is 2.46. The molecule has 1 unspecified atom stereocenters. The summed E-state index contributed by atoms with van der Waals surface area (Å²) in [6.07, 6.45) is 2.09. The van der Waals surface area contributed by atoms with Gasteiger partial charge >= 0.3 is 0 Å². The molecular weight excluding hydrogens is 188 g/mol. The van der Waals surface area contributed by atoms with Crippen LogP contribution in [0.25, 0.3) is 0 Å². The molecule has 3 heteroatoms. The monoisotopic (exact) mass is 208 g/mol. The molecule has 1 aromatic carbocycles. The quantitative estimate of drug-likeness (QED) is 0.699. The van der Waals surface area contributed by atoms with Crippen LogP contribution in [0, 0.1) is 0 Å². The van der Waals surface area contributed by atoms with Crippen molar-refractivity contribution < 1.29 is 4.74 Å². The number of methoxy groups -OCH3 is 1. The van der Waals surface area contributed by atoms with Crippen molar-refractivity contribution in [2.45, 2.75) is 18.9 Å². The number of rotatable bonds is 6. The van der Waals surface area contributed by atoms with Crippen LogP contribution < -0.4 is 15.8 Å². The first-order valence-electron chi connectivity index (χ1n) is 5.32. The Morgan fingerprint density at radius 2 is 2.27 bits per heavy atom. The zero-order valence-corrected chi connectivity index (χ0v) is 9.49. The highest BCUT2D eigenvalue weighted by atomic mass is 16.5. The maximum absolute atomic E-state index is 6.08. The number of nitrogens with two attached hydrogens (primary N) is 1. The first-order valence-corrected chi connectivity index (χ1v) is 5.32. The standard InChI is InChI=1S/C12H20N2O/c1-14-8-4-7-12(13)10-5-3-6-11(9-10)15-2/h3,5-6,9,12,14H,4,7-8,13H2,1-2H3. The van der Waals surface area contributed by atoms with E-state index in [9.17, 15) is 0 Å². The van der Waals surface area contributed by atoms with Gasteiger partial charge in [-0.3, -0.25) is 0 Å². The van der Waals surface area contributed by atoms with Gasteiger partial charge in [0.1, 0.15) is 5.75 Å². The average molecular weight is 208 g/mol. The van der Waals surface area contributed by atoms with E-state index in [1.54, 1.807) is 7.11 Å². The molecule has 0 amide bonds. The number of hydrogen-bond donors (Lipinski definition) is 2. The molecule has 0 saturated carbocycles. The number of benzene rings is 1. The van der Waals surface area contributed by atoms with Crippen molar-refractivity contribution in [1.82, 2.24) is 5.32 Å². The minimum Gasteiger partial charge on any atom is -0.497 e. The Balaban J connectivity index is 2.52. The minimum absolute atomic E-state index is 0.105. The zero-order valence-electron chi connectivity index (χ0n) is 9.49. The summed E-state index contributed by atoms with van der Waals surface area (Å²) in [5.74, 6) is 0.872. The number of nitrogens with one attached hydrogen (secondary N) is 1. The molecule has 3 N–H and O–H groups in total. The summed E-state index contributed by atoms with van der Waals surface area (Å²) < 4.78 is 5.16. The van der Waals surface area contributed by atoms with Crippen molar-refractivity contribution in [3.8, 4) is 5.75 Å². The molecule has 0 spiro atoms. The summed E-state index contributed by atoms with van der Waals surface area (Å²) in [7, 11) is 3.63. The first kappa shape index (κ1) is 12.0. The van der Waals surface area contributed by atoms with Gasteiger partial charge in [-0.1, -0.05) is 12.1 Å². The second-order valence-corrected chi connectivity index (χ2v) is 3.63. The Bertz CT molecular complexity index is 289. The Morgan fingerprint density at radius 3 is 2.93 bits per heavy atom. The van der Waals surface area contributed by atoms with Crippen LogP contribution in [-0.2, 0) is 0 Å². The molecule has 15 heavy (non-hydrogen) atoms. The SMILES string of the molecule is CNCCCC(N)c1cccc(OC)c1. The van der Waals surface area contributed by atoms with E-state index >= 15 is 0 Å². The average Bonchev–Trinajstić information content (AvgIpc) is 2.29. The van der Waals surface area contributed by atoms with Crippen molar-refractivity contribution in [2.24, 2.45) is 5.73 Å². The third-order valence-electron chi connectivity index (χ3n) is 2.46. The lowest BCUT2D eigenvalue weighted by Gasteiger charge is -2.12. The summed E-state index contributed by atoms with van der Waals surface area (Å²) in [6.45, 7) is 1.01. The van der Waals surface area contributed by atoms with Crippen molar-refractivity contribution in [2.75, 3.05) is 20.7 Å². The van der Waals surface area contributed by atoms with Crippen molar-refractivity contribution in [1.29, 1.82) is 0 Å². The van der Waals surface area contributed by atoms with E-state index in [4.69, 9.17) is 10.5 Å². The summed E-state index contributed by atoms with van der Waals surface area (Å²) in [5.41, 5.74) is 7.22. The van der Waals surface area contributed by atoms with Crippen LogP contribution in [0.15, 0.2) is 24.3 Å². The minimum atomic E-state index is 0.105. The Hall–Kier alpha value is -1.06. The van der Waals surface area contributed by atoms with E-state index < -0.39 is 0 Å². The fourth-order valence-electron chi connectivity index (χ4n) is 1.54. The fraction of sp³-hybridized carbons (Fsp3) is 0.500. The number of ether oxygens (including phenoxy) is 1. The normalized spacial score (nSPS) is 12.5. The fourth-order valence-corrected chi connectivity index (χ4v) is 1.54. The van der Waals surface area contributed by atoms with Crippen LogP contribution in [0.1, 0.15) is 24.4 Å². The first-order chi connectivity index (χ1) is 7.27. The smallest absolute Gasteiger partial charge is 0.119 e. The van der Waals surface area contributed by atoms with Gasteiger partial charge in [0.25, 0.3) is 0 Å². The van der Waals surface area contributed by atoms with E-state index in [-0.39, 0.29) is 6.04 Å². The van der Waals surface area contributed by atoms with Crippen molar-refractivity contribution in [3.05, 3.63) is 29.8 Å². The highest BCUT2D eigenvalue weighted by molar-refractivity contribution is 5.30. The molecule has 0 heterocycles. The molecule has 84 valence electrons. The third kappa shape index (κ3) is 3.90.